The minimum Gasteiger partial charge on any atom is -0.486 e. The summed E-state index contributed by atoms with van der Waals surface area (Å²) in [5.74, 6) is -2.14. The van der Waals surface area contributed by atoms with Gasteiger partial charge in [-0.2, -0.15) is 4.98 Å². The Morgan fingerprint density at radius 2 is 1.94 bits per heavy atom. The first-order chi connectivity index (χ1) is 16.0. The first kappa shape index (κ1) is 20.5. The van der Waals surface area contributed by atoms with Crippen LogP contribution in [0, 0.1) is 18.6 Å². The van der Waals surface area contributed by atoms with Gasteiger partial charge in [-0.3, -0.25) is 4.79 Å². The standard InChI is InChI=1S/C24H16F2N4O3/c1-13-29-23(30-33-13)15-6-4-14(5-7-15)12-32-19-9-8-18(25)20(21(19)26)22(31)17-11-28-24-16(17)3-2-10-27-24/h2-11H,12H2,1H3,(H,27,28). The Balaban J connectivity index is 1.38. The second-order valence-corrected chi connectivity index (χ2v) is 7.29. The third kappa shape index (κ3) is 3.84. The lowest BCUT2D eigenvalue weighted by Crippen LogP contribution is -2.09. The van der Waals surface area contributed by atoms with E-state index in [9.17, 15) is 9.18 Å². The molecule has 0 atom stereocenters. The Bertz CT molecular complexity index is 1480. The van der Waals surface area contributed by atoms with E-state index in [0.717, 1.165) is 23.3 Å². The van der Waals surface area contributed by atoms with Crippen molar-refractivity contribution in [3.8, 4) is 17.1 Å². The summed E-state index contributed by atoms with van der Waals surface area (Å²) in [6.07, 6.45) is 2.94. The van der Waals surface area contributed by atoms with E-state index >= 15 is 4.39 Å². The van der Waals surface area contributed by atoms with Gasteiger partial charge >= 0.3 is 0 Å². The minimum absolute atomic E-state index is 0.0126. The van der Waals surface area contributed by atoms with Crippen LogP contribution in [0.15, 0.2) is 65.4 Å². The average molecular weight is 446 g/mol. The highest BCUT2D eigenvalue weighted by Gasteiger charge is 2.25. The van der Waals surface area contributed by atoms with E-state index < -0.39 is 23.0 Å². The summed E-state index contributed by atoms with van der Waals surface area (Å²) in [6.45, 7) is 1.71. The van der Waals surface area contributed by atoms with Gasteiger partial charge in [-0.1, -0.05) is 29.4 Å². The molecule has 7 nitrogen and oxygen atoms in total. The van der Waals surface area contributed by atoms with Crippen molar-refractivity contribution in [3.05, 3.63) is 95.1 Å². The molecule has 0 fully saturated rings. The number of ether oxygens (including phenoxy) is 1. The second kappa shape index (κ2) is 8.27. The lowest BCUT2D eigenvalue weighted by atomic mass is 10.0. The number of fused-ring (bicyclic) bond motifs is 1. The predicted octanol–water partition coefficient (Wildman–Crippen LogP) is 5.01. The number of nitrogens with zero attached hydrogens (tertiary/aromatic N) is 3. The number of aryl methyl sites for hydroxylation is 1. The van der Waals surface area contributed by atoms with Crippen molar-refractivity contribution in [3.63, 3.8) is 0 Å². The molecule has 9 heteroatoms. The van der Waals surface area contributed by atoms with Crippen molar-refractivity contribution in [2.45, 2.75) is 13.5 Å². The van der Waals surface area contributed by atoms with Crippen LogP contribution in [-0.4, -0.2) is 25.9 Å². The van der Waals surface area contributed by atoms with Crippen LogP contribution < -0.4 is 4.74 Å². The zero-order valence-corrected chi connectivity index (χ0v) is 17.3. The van der Waals surface area contributed by atoms with Crippen molar-refractivity contribution >= 4 is 16.8 Å². The second-order valence-electron chi connectivity index (χ2n) is 7.29. The lowest BCUT2D eigenvalue weighted by Gasteiger charge is -2.11. The molecular formula is C24H16F2N4O3. The molecule has 0 aliphatic rings. The molecule has 1 N–H and O–H groups in total. The first-order valence-electron chi connectivity index (χ1n) is 9.98. The molecule has 3 aromatic heterocycles. The van der Waals surface area contributed by atoms with E-state index in [1.54, 1.807) is 49.5 Å². The summed E-state index contributed by atoms with van der Waals surface area (Å²) in [5, 5.41) is 4.33. The van der Waals surface area contributed by atoms with Crippen molar-refractivity contribution in [1.29, 1.82) is 0 Å². The van der Waals surface area contributed by atoms with Gasteiger partial charge < -0.3 is 14.2 Å². The van der Waals surface area contributed by atoms with Gasteiger partial charge in [0.05, 0.1) is 5.56 Å². The van der Waals surface area contributed by atoms with Crippen molar-refractivity contribution in [1.82, 2.24) is 20.1 Å². The van der Waals surface area contributed by atoms with Crippen LogP contribution >= 0.6 is 0 Å². The Hall–Kier alpha value is -4.40. The zero-order valence-electron chi connectivity index (χ0n) is 17.3. The Kier molecular flexibility index (Phi) is 5.14. The van der Waals surface area contributed by atoms with E-state index in [-0.39, 0.29) is 17.9 Å². The van der Waals surface area contributed by atoms with Gasteiger partial charge in [0.15, 0.2) is 11.6 Å². The van der Waals surface area contributed by atoms with Crippen LogP contribution in [-0.2, 0) is 6.61 Å². The molecular weight excluding hydrogens is 430 g/mol. The molecule has 33 heavy (non-hydrogen) atoms. The number of hydrogen-bond donors (Lipinski definition) is 1. The number of carbonyl (C=O) groups excluding carboxylic acids is 1. The van der Waals surface area contributed by atoms with Crippen molar-refractivity contribution in [2.24, 2.45) is 0 Å². The fraction of sp³-hybridized carbons (Fsp3) is 0.0833. The number of nitrogens with one attached hydrogen (secondary N) is 1. The van der Waals surface area contributed by atoms with Gasteiger partial charge in [0.1, 0.15) is 18.1 Å². The highest BCUT2D eigenvalue weighted by Crippen LogP contribution is 2.28. The van der Waals surface area contributed by atoms with Gasteiger partial charge in [0.25, 0.3) is 0 Å². The number of aromatic amines is 1. The van der Waals surface area contributed by atoms with Crippen LogP contribution in [0.2, 0.25) is 0 Å². The molecule has 0 amide bonds. The third-order valence-electron chi connectivity index (χ3n) is 5.11. The molecule has 0 unspecified atom stereocenters. The summed E-state index contributed by atoms with van der Waals surface area (Å²) in [6, 6.07) is 12.6. The summed E-state index contributed by atoms with van der Waals surface area (Å²) >= 11 is 0. The van der Waals surface area contributed by atoms with E-state index in [1.165, 1.54) is 6.20 Å². The minimum atomic E-state index is -1.06. The average Bonchev–Trinajstić information content (AvgIpc) is 3.45. The maximum atomic E-state index is 15.1. The molecule has 0 saturated carbocycles. The molecule has 164 valence electrons. The van der Waals surface area contributed by atoms with Gasteiger partial charge in [-0.15, -0.1) is 0 Å². The summed E-state index contributed by atoms with van der Waals surface area (Å²) in [4.78, 5) is 24.0. The Morgan fingerprint density at radius 1 is 1.12 bits per heavy atom. The molecule has 5 aromatic rings. The molecule has 0 saturated heterocycles. The number of hydrogen-bond acceptors (Lipinski definition) is 6. The van der Waals surface area contributed by atoms with Gasteiger partial charge in [-0.25, -0.2) is 13.8 Å². The van der Waals surface area contributed by atoms with Crippen LogP contribution in [0.3, 0.4) is 0 Å². The number of H-pyrrole nitrogens is 1. The van der Waals surface area contributed by atoms with Gasteiger partial charge in [0, 0.05) is 35.8 Å². The van der Waals surface area contributed by atoms with Crippen LogP contribution in [0.1, 0.15) is 27.4 Å². The lowest BCUT2D eigenvalue weighted by molar-refractivity contribution is 0.103. The first-order valence-corrected chi connectivity index (χ1v) is 9.98. The van der Waals surface area contributed by atoms with Crippen LogP contribution in [0.4, 0.5) is 8.78 Å². The zero-order chi connectivity index (χ0) is 22.9. The maximum absolute atomic E-state index is 15.1. The molecule has 0 aliphatic carbocycles. The van der Waals surface area contributed by atoms with E-state index in [1.807, 2.05) is 0 Å². The number of halogens is 2. The Labute approximate surface area is 186 Å². The van der Waals surface area contributed by atoms with Gasteiger partial charge in [-0.05, 0) is 29.8 Å². The molecule has 5 rings (SSSR count). The molecule has 2 aromatic carbocycles. The fourth-order valence-electron chi connectivity index (χ4n) is 3.46. The summed E-state index contributed by atoms with van der Waals surface area (Å²) in [5.41, 5.74) is 1.39. The number of benzene rings is 2. The maximum Gasteiger partial charge on any atom is 0.223 e. The topological polar surface area (TPSA) is 93.9 Å². The number of ketones is 1. The largest absolute Gasteiger partial charge is 0.486 e. The quantitative estimate of drug-likeness (QED) is 0.369. The van der Waals surface area contributed by atoms with E-state index in [0.29, 0.717) is 22.7 Å². The smallest absolute Gasteiger partial charge is 0.223 e. The summed E-state index contributed by atoms with van der Waals surface area (Å²) < 4.78 is 40.1. The van der Waals surface area contributed by atoms with Crippen molar-refractivity contribution < 1.29 is 22.8 Å². The highest BCUT2D eigenvalue weighted by molar-refractivity contribution is 6.16. The molecule has 0 bridgehead atoms. The molecule has 0 aliphatic heterocycles. The van der Waals surface area contributed by atoms with E-state index in [4.69, 9.17) is 9.26 Å². The SMILES string of the molecule is Cc1nc(-c2ccc(COc3ccc(F)c(C(=O)c4c[nH]c5ncccc45)c3F)cc2)no1. The number of pyridine rings is 1. The van der Waals surface area contributed by atoms with Crippen LogP contribution in [0.5, 0.6) is 5.75 Å². The normalized spacial score (nSPS) is 11.1. The van der Waals surface area contributed by atoms with Crippen molar-refractivity contribution in [2.75, 3.05) is 0 Å². The summed E-state index contributed by atoms with van der Waals surface area (Å²) in [7, 11) is 0. The Morgan fingerprint density at radius 3 is 2.70 bits per heavy atom. The molecule has 0 spiro atoms. The predicted molar refractivity (Wildman–Crippen MR) is 115 cm³/mol. The van der Waals surface area contributed by atoms with E-state index in [2.05, 4.69) is 20.1 Å². The van der Waals surface area contributed by atoms with Crippen LogP contribution in [0.25, 0.3) is 22.4 Å². The number of carbonyl (C=O) groups is 1. The van der Waals surface area contributed by atoms with Gasteiger partial charge in [0.2, 0.25) is 17.5 Å². The highest BCUT2D eigenvalue weighted by atomic mass is 19.1. The third-order valence-corrected chi connectivity index (χ3v) is 5.11. The molecule has 0 radical (unpaired) electrons. The monoisotopic (exact) mass is 446 g/mol. The molecule has 3 heterocycles. The number of aromatic nitrogens is 4. The fourth-order valence-corrected chi connectivity index (χ4v) is 3.46. The number of rotatable bonds is 6.